The molecule has 2 atom stereocenters. The summed E-state index contributed by atoms with van der Waals surface area (Å²) in [5.41, 5.74) is 5.17. The molecule has 1 aliphatic carbocycles. The predicted molar refractivity (Wildman–Crippen MR) is 78.3 cm³/mol. The molecule has 1 heterocycles. The van der Waals surface area contributed by atoms with Crippen molar-refractivity contribution in [3.8, 4) is 0 Å². The van der Waals surface area contributed by atoms with Crippen LogP contribution in [0.4, 0.5) is 13.2 Å². The smallest absolute Gasteiger partial charge is 0.369 e. The van der Waals surface area contributed by atoms with E-state index in [4.69, 9.17) is 5.73 Å². The van der Waals surface area contributed by atoms with Gasteiger partial charge in [-0.05, 0) is 19.3 Å². The molecule has 0 bridgehead atoms. The molecular formula is C15H24F3N3O2. The molecule has 1 saturated heterocycles. The Bertz CT molecular complexity index is 442. The minimum Gasteiger partial charge on any atom is -0.369 e. The van der Waals surface area contributed by atoms with Crippen LogP contribution in [0.15, 0.2) is 0 Å². The van der Waals surface area contributed by atoms with E-state index in [1.54, 1.807) is 0 Å². The molecule has 2 fully saturated rings. The molecule has 23 heavy (non-hydrogen) atoms. The molecule has 2 N–H and O–H groups in total. The molecule has 1 saturated carbocycles. The van der Waals surface area contributed by atoms with Crippen LogP contribution >= 0.6 is 0 Å². The molecule has 5 nitrogen and oxygen atoms in total. The van der Waals surface area contributed by atoms with Gasteiger partial charge in [0, 0.05) is 32.1 Å². The molecule has 0 aromatic rings. The van der Waals surface area contributed by atoms with Gasteiger partial charge in [-0.25, -0.2) is 0 Å². The zero-order chi connectivity index (χ0) is 17.0. The van der Waals surface area contributed by atoms with Crippen molar-refractivity contribution in [2.75, 3.05) is 32.7 Å². The normalized spacial score (nSPS) is 27.5. The molecule has 8 heteroatoms. The van der Waals surface area contributed by atoms with Gasteiger partial charge in [-0.1, -0.05) is 12.8 Å². The van der Waals surface area contributed by atoms with Crippen molar-refractivity contribution in [3.05, 3.63) is 0 Å². The molecule has 132 valence electrons. The second-order valence-electron chi connectivity index (χ2n) is 6.46. The van der Waals surface area contributed by atoms with Gasteiger partial charge in [-0.2, -0.15) is 13.2 Å². The van der Waals surface area contributed by atoms with Crippen LogP contribution in [-0.2, 0) is 9.59 Å². The Morgan fingerprint density at radius 2 is 1.70 bits per heavy atom. The van der Waals surface area contributed by atoms with E-state index in [2.05, 4.69) is 0 Å². The monoisotopic (exact) mass is 335 g/mol. The first-order valence-corrected chi connectivity index (χ1v) is 8.15. The molecule has 0 aromatic heterocycles. The molecule has 2 rings (SSSR count). The van der Waals surface area contributed by atoms with Gasteiger partial charge in [0.25, 0.3) is 0 Å². The fourth-order valence-electron chi connectivity index (χ4n) is 3.62. The summed E-state index contributed by atoms with van der Waals surface area (Å²) in [6, 6.07) is 0. The second-order valence-corrected chi connectivity index (χ2v) is 6.46. The first-order valence-electron chi connectivity index (χ1n) is 8.15. The average molecular weight is 335 g/mol. The van der Waals surface area contributed by atoms with Gasteiger partial charge >= 0.3 is 6.18 Å². The number of alkyl halides is 3. The van der Waals surface area contributed by atoms with Crippen molar-refractivity contribution >= 4 is 11.8 Å². The number of carbonyl (C=O) groups is 2. The van der Waals surface area contributed by atoms with Gasteiger partial charge < -0.3 is 10.6 Å². The Balaban J connectivity index is 1.99. The molecule has 0 unspecified atom stereocenters. The second kappa shape index (κ2) is 7.51. The van der Waals surface area contributed by atoms with Gasteiger partial charge in [-0.15, -0.1) is 0 Å². The Morgan fingerprint density at radius 3 is 2.35 bits per heavy atom. The fraction of sp³-hybridized carbons (Fsp3) is 0.867. The molecule has 0 radical (unpaired) electrons. The Kier molecular flexibility index (Phi) is 5.89. The summed E-state index contributed by atoms with van der Waals surface area (Å²) in [6.07, 6.45) is -2.12. The summed E-state index contributed by atoms with van der Waals surface area (Å²) in [5.74, 6) is -3.29. The first-order chi connectivity index (χ1) is 10.8. The minimum atomic E-state index is -4.31. The van der Waals surface area contributed by atoms with E-state index >= 15 is 0 Å². The molecular weight excluding hydrogens is 311 g/mol. The third-order valence-corrected chi connectivity index (χ3v) is 4.78. The van der Waals surface area contributed by atoms with Gasteiger partial charge in [0.2, 0.25) is 11.8 Å². The molecule has 2 aliphatic rings. The maximum absolute atomic E-state index is 13.2. The van der Waals surface area contributed by atoms with Crippen LogP contribution in [0.3, 0.4) is 0 Å². The third kappa shape index (κ3) is 4.83. The van der Waals surface area contributed by atoms with E-state index in [0.717, 1.165) is 0 Å². The SMILES string of the molecule is NC(=O)CN1CCCN(C(=O)[C@@H]2CCCC[C@H]2C(F)(F)F)CC1. The van der Waals surface area contributed by atoms with Crippen molar-refractivity contribution in [2.24, 2.45) is 17.6 Å². The van der Waals surface area contributed by atoms with Gasteiger partial charge in [0.15, 0.2) is 0 Å². The number of primary amides is 1. The molecule has 2 amide bonds. The zero-order valence-electron chi connectivity index (χ0n) is 13.1. The van der Waals surface area contributed by atoms with Crippen molar-refractivity contribution in [2.45, 2.75) is 38.3 Å². The van der Waals surface area contributed by atoms with Gasteiger partial charge in [0.05, 0.1) is 12.5 Å². The predicted octanol–water partition coefficient (Wildman–Crippen LogP) is 1.37. The number of amides is 2. The number of hydrogen-bond acceptors (Lipinski definition) is 3. The van der Waals surface area contributed by atoms with Crippen LogP contribution < -0.4 is 5.73 Å². The van der Waals surface area contributed by atoms with E-state index < -0.39 is 23.9 Å². The third-order valence-electron chi connectivity index (χ3n) is 4.78. The van der Waals surface area contributed by atoms with Crippen molar-refractivity contribution in [1.82, 2.24) is 9.80 Å². The summed E-state index contributed by atoms with van der Waals surface area (Å²) in [5, 5.41) is 0. The summed E-state index contributed by atoms with van der Waals surface area (Å²) < 4.78 is 39.5. The van der Waals surface area contributed by atoms with Crippen LogP contribution in [0.1, 0.15) is 32.1 Å². The Morgan fingerprint density at radius 1 is 1.00 bits per heavy atom. The lowest BCUT2D eigenvalue weighted by atomic mass is 9.78. The molecule has 0 aromatic carbocycles. The first kappa shape index (κ1) is 18.0. The highest BCUT2D eigenvalue weighted by Crippen LogP contribution is 2.42. The lowest BCUT2D eigenvalue weighted by molar-refractivity contribution is -0.200. The topological polar surface area (TPSA) is 66.6 Å². The largest absolute Gasteiger partial charge is 0.392 e. The van der Waals surface area contributed by atoms with E-state index in [-0.39, 0.29) is 18.9 Å². The highest BCUT2D eigenvalue weighted by Gasteiger charge is 2.48. The maximum atomic E-state index is 13.2. The lowest BCUT2D eigenvalue weighted by Crippen LogP contribution is -2.46. The summed E-state index contributed by atoms with van der Waals surface area (Å²) in [6.45, 7) is 2.01. The average Bonchev–Trinajstić information content (AvgIpc) is 2.70. The molecule has 1 aliphatic heterocycles. The van der Waals surface area contributed by atoms with Crippen molar-refractivity contribution in [1.29, 1.82) is 0 Å². The highest BCUT2D eigenvalue weighted by molar-refractivity contribution is 5.79. The number of nitrogens with zero attached hydrogens (tertiary/aromatic N) is 2. The lowest BCUT2D eigenvalue weighted by Gasteiger charge is -2.35. The molecule has 0 spiro atoms. The highest BCUT2D eigenvalue weighted by atomic mass is 19.4. The van der Waals surface area contributed by atoms with Crippen molar-refractivity contribution in [3.63, 3.8) is 0 Å². The number of rotatable bonds is 3. The zero-order valence-corrected chi connectivity index (χ0v) is 13.1. The maximum Gasteiger partial charge on any atom is 0.392 e. The summed E-state index contributed by atoms with van der Waals surface area (Å²) in [7, 11) is 0. The number of nitrogens with two attached hydrogens (primary N) is 1. The van der Waals surface area contributed by atoms with Crippen LogP contribution in [0, 0.1) is 11.8 Å². The van der Waals surface area contributed by atoms with Crippen LogP contribution in [0.25, 0.3) is 0 Å². The number of carbonyl (C=O) groups excluding carboxylic acids is 2. The summed E-state index contributed by atoms with van der Waals surface area (Å²) in [4.78, 5) is 27.0. The van der Waals surface area contributed by atoms with Crippen molar-refractivity contribution < 1.29 is 22.8 Å². The number of halogens is 3. The standard InChI is InChI=1S/C15H24F3N3O2/c16-15(17,18)12-5-2-1-4-11(12)14(23)21-7-3-6-20(8-9-21)10-13(19)22/h11-12H,1-10H2,(H2,19,22)/t11-,12-/m1/s1. The quantitative estimate of drug-likeness (QED) is 0.847. The van der Waals surface area contributed by atoms with Crippen LogP contribution in [0.2, 0.25) is 0 Å². The minimum absolute atomic E-state index is 0.0432. The van der Waals surface area contributed by atoms with E-state index in [9.17, 15) is 22.8 Å². The van der Waals surface area contributed by atoms with E-state index in [1.165, 1.54) is 4.90 Å². The Hall–Kier alpha value is -1.31. The van der Waals surface area contributed by atoms with Gasteiger partial charge in [0.1, 0.15) is 0 Å². The summed E-state index contributed by atoms with van der Waals surface area (Å²) >= 11 is 0. The van der Waals surface area contributed by atoms with Gasteiger partial charge in [-0.3, -0.25) is 14.5 Å². The van der Waals surface area contributed by atoms with E-state index in [1.807, 2.05) is 4.90 Å². The Labute approximate surface area is 134 Å². The van der Waals surface area contributed by atoms with E-state index in [0.29, 0.717) is 51.9 Å². The number of hydrogen-bond donors (Lipinski definition) is 1. The fourth-order valence-corrected chi connectivity index (χ4v) is 3.62. The van der Waals surface area contributed by atoms with Crippen LogP contribution in [0.5, 0.6) is 0 Å². The van der Waals surface area contributed by atoms with Crippen LogP contribution in [-0.4, -0.2) is 60.5 Å².